The number of hydrogen-bond acceptors (Lipinski definition) is 5. The number of nitrogens with one attached hydrogen (secondary N) is 2. The highest BCUT2D eigenvalue weighted by atomic mass is 35.5. The molecule has 2 aromatic heterocycles. The Morgan fingerprint density at radius 3 is 2.38 bits per heavy atom. The smallest absolute Gasteiger partial charge is 0.367 e. The first-order valence-corrected chi connectivity index (χ1v) is 13.8. The molecular weight excluding hydrogens is 541 g/mol. The summed E-state index contributed by atoms with van der Waals surface area (Å²) >= 11 is 6.46. The normalized spacial score (nSPS) is 18.4. The number of amides is 1. The van der Waals surface area contributed by atoms with Crippen LogP contribution in [0.5, 0.6) is 0 Å². The van der Waals surface area contributed by atoms with Gasteiger partial charge in [0.25, 0.3) is 5.91 Å². The summed E-state index contributed by atoms with van der Waals surface area (Å²) in [5, 5.41) is 12.5. The van der Waals surface area contributed by atoms with Crippen molar-refractivity contribution in [2.45, 2.75) is 70.1 Å². The van der Waals surface area contributed by atoms with Crippen LogP contribution in [-0.4, -0.2) is 37.7 Å². The molecule has 0 saturated heterocycles. The molecule has 0 radical (unpaired) electrons. The van der Waals surface area contributed by atoms with Gasteiger partial charge in [-0.3, -0.25) is 4.79 Å². The number of para-hydroxylation sites is 1. The fraction of sp³-hybridized carbons (Fsp3) is 0.379. The van der Waals surface area contributed by atoms with E-state index in [1.54, 1.807) is 10.9 Å². The van der Waals surface area contributed by atoms with Crippen molar-refractivity contribution in [1.29, 1.82) is 0 Å². The van der Waals surface area contributed by atoms with Gasteiger partial charge in [0.15, 0.2) is 5.65 Å². The van der Waals surface area contributed by atoms with Gasteiger partial charge >= 0.3 is 6.18 Å². The lowest BCUT2D eigenvalue weighted by molar-refractivity contribution is -0.137. The second kappa shape index (κ2) is 11.4. The molecule has 2 N–H and O–H groups in total. The van der Waals surface area contributed by atoms with E-state index in [9.17, 15) is 18.0 Å². The van der Waals surface area contributed by atoms with Crippen LogP contribution < -0.4 is 10.6 Å². The number of rotatable bonds is 7. The number of halogens is 4. The lowest BCUT2D eigenvalue weighted by Crippen LogP contribution is -2.40. The van der Waals surface area contributed by atoms with Gasteiger partial charge in [0.1, 0.15) is 11.6 Å². The Morgan fingerprint density at radius 1 is 1.05 bits per heavy atom. The third kappa shape index (κ3) is 5.91. The highest BCUT2D eigenvalue weighted by molar-refractivity contribution is 6.32. The van der Waals surface area contributed by atoms with E-state index in [2.05, 4.69) is 29.6 Å². The molecule has 1 saturated carbocycles. The molecular formula is C29H30ClF3N6O. The maximum atomic E-state index is 12.8. The first-order valence-electron chi connectivity index (χ1n) is 13.4. The highest BCUT2D eigenvalue weighted by Gasteiger charge is 2.30. The van der Waals surface area contributed by atoms with Crippen molar-refractivity contribution in [2.75, 3.05) is 5.32 Å². The summed E-state index contributed by atoms with van der Waals surface area (Å²) in [7, 11) is 0. The van der Waals surface area contributed by atoms with E-state index in [0.29, 0.717) is 10.7 Å². The molecule has 1 amide bonds. The molecule has 1 fully saturated rings. The third-order valence-electron chi connectivity index (χ3n) is 7.46. The van der Waals surface area contributed by atoms with Gasteiger partial charge in [0.2, 0.25) is 0 Å². The summed E-state index contributed by atoms with van der Waals surface area (Å²) in [5.74, 6) is 1.23. The van der Waals surface area contributed by atoms with Crippen LogP contribution >= 0.6 is 11.6 Å². The van der Waals surface area contributed by atoms with E-state index >= 15 is 0 Å². The number of nitrogens with zero attached hydrogens (tertiary/aromatic N) is 4. The molecule has 0 bridgehead atoms. The summed E-state index contributed by atoms with van der Waals surface area (Å²) in [6.45, 7) is 4.18. The van der Waals surface area contributed by atoms with Crippen molar-refractivity contribution < 1.29 is 18.0 Å². The van der Waals surface area contributed by atoms with Crippen LogP contribution in [0, 0.1) is 0 Å². The van der Waals surface area contributed by atoms with Gasteiger partial charge in [-0.1, -0.05) is 37.6 Å². The molecule has 1 atom stereocenters. The number of carbonyl (C=O) groups excluding carboxylic acids is 1. The molecule has 0 spiro atoms. The number of alkyl halides is 3. The predicted molar refractivity (Wildman–Crippen MR) is 149 cm³/mol. The van der Waals surface area contributed by atoms with Gasteiger partial charge in [-0.25, -0.2) is 14.6 Å². The second-order valence-corrected chi connectivity index (χ2v) is 10.6. The number of fused-ring (bicyclic) bond motifs is 1. The van der Waals surface area contributed by atoms with Crippen LogP contribution in [0.4, 0.5) is 19.0 Å². The minimum atomic E-state index is -4.43. The van der Waals surface area contributed by atoms with Crippen molar-refractivity contribution in [3.8, 4) is 5.69 Å². The Labute approximate surface area is 235 Å². The fourth-order valence-electron chi connectivity index (χ4n) is 4.89. The molecule has 1 unspecified atom stereocenters. The highest BCUT2D eigenvalue weighted by Crippen LogP contribution is 2.31. The lowest BCUT2D eigenvalue weighted by Gasteiger charge is -2.30. The largest absolute Gasteiger partial charge is 0.416 e. The quantitative estimate of drug-likeness (QED) is 0.246. The van der Waals surface area contributed by atoms with Crippen molar-refractivity contribution in [3.63, 3.8) is 0 Å². The Hall–Kier alpha value is -3.66. The van der Waals surface area contributed by atoms with Crippen molar-refractivity contribution in [3.05, 3.63) is 76.7 Å². The number of aromatic nitrogens is 4. The first kappa shape index (κ1) is 27.9. The van der Waals surface area contributed by atoms with Gasteiger partial charge in [0.05, 0.1) is 27.9 Å². The van der Waals surface area contributed by atoms with Crippen molar-refractivity contribution in [1.82, 2.24) is 25.1 Å². The molecule has 2 aromatic carbocycles. The molecule has 1 aliphatic carbocycles. The Morgan fingerprint density at radius 2 is 1.73 bits per heavy atom. The van der Waals surface area contributed by atoms with E-state index < -0.39 is 11.7 Å². The van der Waals surface area contributed by atoms with E-state index in [1.807, 2.05) is 24.3 Å². The van der Waals surface area contributed by atoms with E-state index in [0.717, 1.165) is 67.0 Å². The van der Waals surface area contributed by atoms with Gasteiger partial charge in [-0.15, -0.1) is 0 Å². The SMILES string of the molecule is CCC(C)c1nc(NC2CCC(NC(=O)c3ccc(C(F)(F)F)cc3)CC2)c2cnn(-c3ccccc3Cl)c2n1. The van der Waals surface area contributed by atoms with Crippen LogP contribution in [0.1, 0.15) is 73.6 Å². The number of carbonyl (C=O) groups is 1. The van der Waals surface area contributed by atoms with Crippen molar-refractivity contribution >= 4 is 34.4 Å². The van der Waals surface area contributed by atoms with Crippen LogP contribution in [0.15, 0.2) is 54.7 Å². The van der Waals surface area contributed by atoms with Gasteiger partial charge < -0.3 is 10.6 Å². The Balaban J connectivity index is 1.29. The van der Waals surface area contributed by atoms with Gasteiger partial charge in [-0.05, 0) is 68.5 Å². The second-order valence-electron chi connectivity index (χ2n) is 10.2. The summed E-state index contributed by atoms with van der Waals surface area (Å²) in [4.78, 5) is 22.3. The van der Waals surface area contributed by atoms with Crippen LogP contribution in [-0.2, 0) is 6.18 Å². The Kier molecular flexibility index (Phi) is 7.98. The molecule has 5 rings (SSSR count). The monoisotopic (exact) mass is 570 g/mol. The summed E-state index contributed by atoms with van der Waals surface area (Å²) in [5.41, 5.74) is 0.856. The van der Waals surface area contributed by atoms with Crippen molar-refractivity contribution in [2.24, 2.45) is 0 Å². The molecule has 1 aliphatic rings. The minimum Gasteiger partial charge on any atom is -0.367 e. The zero-order chi connectivity index (χ0) is 28.4. The van der Waals surface area contributed by atoms with Gasteiger partial charge in [-0.2, -0.15) is 18.3 Å². The van der Waals surface area contributed by atoms with Gasteiger partial charge in [0, 0.05) is 23.6 Å². The van der Waals surface area contributed by atoms with Crippen LogP contribution in [0.3, 0.4) is 0 Å². The summed E-state index contributed by atoms with van der Waals surface area (Å²) < 4.78 is 40.2. The average molecular weight is 571 g/mol. The molecule has 4 aromatic rings. The zero-order valence-electron chi connectivity index (χ0n) is 22.2. The Bertz CT molecular complexity index is 1500. The summed E-state index contributed by atoms with van der Waals surface area (Å²) in [6, 6.07) is 11.8. The third-order valence-corrected chi connectivity index (χ3v) is 7.78. The first-order chi connectivity index (χ1) is 19.1. The predicted octanol–water partition coefficient (Wildman–Crippen LogP) is 7.15. The number of benzene rings is 2. The maximum Gasteiger partial charge on any atom is 0.416 e. The average Bonchev–Trinajstić information content (AvgIpc) is 3.37. The topological polar surface area (TPSA) is 84.7 Å². The number of hydrogen-bond donors (Lipinski definition) is 2. The molecule has 2 heterocycles. The van der Waals surface area contributed by atoms with Crippen LogP contribution in [0.25, 0.3) is 16.7 Å². The fourth-order valence-corrected chi connectivity index (χ4v) is 5.11. The zero-order valence-corrected chi connectivity index (χ0v) is 22.9. The molecule has 11 heteroatoms. The maximum absolute atomic E-state index is 12.8. The molecule has 0 aliphatic heterocycles. The minimum absolute atomic E-state index is 0.0584. The lowest BCUT2D eigenvalue weighted by atomic mass is 9.91. The van der Waals surface area contributed by atoms with E-state index in [4.69, 9.17) is 21.6 Å². The van der Waals surface area contributed by atoms with E-state index in [1.165, 1.54) is 12.1 Å². The standard InChI is InChI=1S/C29H30ClF3N6O/c1-3-17(2)25-37-26(22-16-34-39(27(22)38-25)24-7-5-4-6-23(24)30)35-20-12-14-21(15-13-20)36-28(40)18-8-10-19(11-9-18)29(31,32)33/h4-11,16-17,20-21H,3,12-15H2,1-2H3,(H,36,40)(H,35,37,38). The number of anilines is 1. The molecule has 210 valence electrons. The molecule has 7 nitrogen and oxygen atoms in total. The van der Waals surface area contributed by atoms with Crippen LogP contribution in [0.2, 0.25) is 5.02 Å². The summed E-state index contributed by atoms with van der Waals surface area (Å²) in [6.07, 6.45) is 1.25. The van der Waals surface area contributed by atoms with E-state index in [-0.39, 0.29) is 29.5 Å². The molecule has 40 heavy (non-hydrogen) atoms.